The summed E-state index contributed by atoms with van der Waals surface area (Å²) in [7, 11) is 0. The molecule has 0 aromatic rings. The van der Waals surface area contributed by atoms with Crippen LogP contribution in [0.4, 0.5) is 4.79 Å². The topological polar surface area (TPSA) is 87.7 Å². The van der Waals surface area contributed by atoms with Crippen LogP contribution in [0.25, 0.3) is 0 Å². The second kappa shape index (κ2) is 7.47. The maximum atomic E-state index is 11.8. The zero-order valence-corrected chi connectivity index (χ0v) is 11.8. The molecule has 0 aromatic carbocycles. The molecule has 6 heteroatoms. The van der Waals surface area contributed by atoms with Crippen LogP contribution in [0.5, 0.6) is 0 Å². The van der Waals surface area contributed by atoms with Crippen LogP contribution in [0.3, 0.4) is 0 Å². The van der Waals surface area contributed by atoms with Crippen LogP contribution in [0.2, 0.25) is 0 Å². The quantitative estimate of drug-likeness (QED) is 0.714. The predicted molar refractivity (Wildman–Crippen MR) is 73.5 cm³/mol. The third-order valence-corrected chi connectivity index (χ3v) is 4.18. The molecule has 1 saturated heterocycles. The number of hydrogen-bond acceptors (Lipinski definition) is 3. The van der Waals surface area contributed by atoms with Gasteiger partial charge in [-0.2, -0.15) is 0 Å². The molecule has 2 amide bonds. The normalized spacial score (nSPS) is 29.9. The Labute approximate surface area is 119 Å². The summed E-state index contributed by atoms with van der Waals surface area (Å²) in [5, 5.41) is 14.8. The second-order valence-corrected chi connectivity index (χ2v) is 5.66. The van der Waals surface area contributed by atoms with Crippen molar-refractivity contribution in [1.82, 2.24) is 10.6 Å². The molecule has 2 fully saturated rings. The first-order chi connectivity index (χ1) is 9.66. The van der Waals surface area contributed by atoms with E-state index >= 15 is 0 Å². The molecule has 1 saturated carbocycles. The molecule has 3 unspecified atom stereocenters. The van der Waals surface area contributed by atoms with E-state index in [2.05, 4.69) is 10.6 Å². The highest BCUT2D eigenvalue weighted by atomic mass is 16.5. The number of carboxylic acid groups (broad SMARTS) is 1. The molecule has 1 aliphatic carbocycles. The third-order valence-electron chi connectivity index (χ3n) is 4.18. The maximum Gasteiger partial charge on any atom is 0.315 e. The van der Waals surface area contributed by atoms with Gasteiger partial charge in [0.15, 0.2) is 0 Å². The van der Waals surface area contributed by atoms with Crippen molar-refractivity contribution in [2.24, 2.45) is 5.92 Å². The molecule has 2 aliphatic rings. The van der Waals surface area contributed by atoms with E-state index in [1.54, 1.807) is 0 Å². The smallest absolute Gasteiger partial charge is 0.315 e. The Morgan fingerprint density at radius 2 is 1.95 bits per heavy atom. The van der Waals surface area contributed by atoms with Crippen LogP contribution in [0.15, 0.2) is 0 Å². The van der Waals surface area contributed by atoms with Gasteiger partial charge in [0.05, 0.1) is 12.0 Å². The highest BCUT2D eigenvalue weighted by Crippen LogP contribution is 2.24. The lowest BCUT2D eigenvalue weighted by atomic mass is 9.84. The summed E-state index contributed by atoms with van der Waals surface area (Å²) in [6.45, 7) is 1.39. The lowest BCUT2D eigenvalue weighted by Gasteiger charge is -2.29. The standard InChI is InChI=1S/C14H24N2O4/c17-13(18)11-5-1-2-6-12(11)16-14(19)15-8-7-10-4-3-9-20-10/h10-12H,1-9H2,(H,17,18)(H2,15,16,19). The Morgan fingerprint density at radius 1 is 1.15 bits per heavy atom. The van der Waals surface area contributed by atoms with Crippen LogP contribution in [0, 0.1) is 5.92 Å². The van der Waals surface area contributed by atoms with Gasteiger partial charge in [-0.3, -0.25) is 4.79 Å². The lowest BCUT2D eigenvalue weighted by molar-refractivity contribution is -0.143. The minimum absolute atomic E-state index is 0.246. The molecular formula is C14H24N2O4. The van der Waals surface area contributed by atoms with Crippen molar-refractivity contribution < 1.29 is 19.4 Å². The number of carboxylic acids is 1. The van der Waals surface area contributed by atoms with Gasteiger partial charge in [-0.25, -0.2) is 4.79 Å². The zero-order chi connectivity index (χ0) is 14.4. The number of rotatable bonds is 5. The first kappa shape index (κ1) is 15.1. The van der Waals surface area contributed by atoms with Crippen LogP contribution in [0.1, 0.15) is 44.9 Å². The highest BCUT2D eigenvalue weighted by Gasteiger charge is 2.31. The molecule has 0 aromatic heterocycles. The van der Waals surface area contributed by atoms with Crippen molar-refractivity contribution >= 4 is 12.0 Å². The number of urea groups is 1. The maximum absolute atomic E-state index is 11.8. The lowest BCUT2D eigenvalue weighted by Crippen LogP contribution is -2.49. The largest absolute Gasteiger partial charge is 0.481 e. The van der Waals surface area contributed by atoms with Crippen LogP contribution in [-0.4, -0.2) is 42.4 Å². The van der Waals surface area contributed by atoms with Gasteiger partial charge in [-0.15, -0.1) is 0 Å². The molecule has 0 bridgehead atoms. The fraction of sp³-hybridized carbons (Fsp3) is 0.857. The average Bonchev–Trinajstić information content (AvgIpc) is 2.92. The van der Waals surface area contributed by atoms with E-state index in [9.17, 15) is 9.59 Å². The number of nitrogens with one attached hydrogen (secondary N) is 2. The van der Waals surface area contributed by atoms with E-state index in [1.165, 1.54) is 0 Å². The fourth-order valence-electron chi connectivity index (χ4n) is 3.04. The molecule has 0 spiro atoms. The molecule has 2 rings (SSSR count). The Hall–Kier alpha value is -1.30. The van der Waals surface area contributed by atoms with Crippen molar-refractivity contribution in [2.45, 2.75) is 57.1 Å². The first-order valence-electron chi connectivity index (χ1n) is 7.55. The minimum Gasteiger partial charge on any atom is -0.481 e. The molecule has 3 atom stereocenters. The fourth-order valence-corrected chi connectivity index (χ4v) is 3.04. The molecule has 6 nitrogen and oxygen atoms in total. The molecule has 3 N–H and O–H groups in total. The van der Waals surface area contributed by atoms with E-state index in [4.69, 9.17) is 9.84 Å². The van der Waals surface area contributed by atoms with Gasteiger partial charge in [0.1, 0.15) is 0 Å². The summed E-state index contributed by atoms with van der Waals surface area (Å²) in [5.41, 5.74) is 0. The van der Waals surface area contributed by atoms with Crippen molar-refractivity contribution in [1.29, 1.82) is 0 Å². The van der Waals surface area contributed by atoms with Crippen molar-refractivity contribution in [2.75, 3.05) is 13.2 Å². The van der Waals surface area contributed by atoms with Crippen molar-refractivity contribution in [3.05, 3.63) is 0 Å². The summed E-state index contributed by atoms with van der Waals surface area (Å²) in [4.78, 5) is 22.9. The third kappa shape index (κ3) is 4.37. The van der Waals surface area contributed by atoms with E-state index in [1.807, 2.05) is 0 Å². The Balaban J connectivity index is 1.68. The highest BCUT2D eigenvalue weighted by molar-refractivity contribution is 5.76. The molecule has 20 heavy (non-hydrogen) atoms. The van der Waals surface area contributed by atoms with Gasteiger partial charge in [0.25, 0.3) is 0 Å². The zero-order valence-electron chi connectivity index (χ0n) is 11.8. The van der Waals surface area contributed by atoms with Gasteiger partial charge >= 0.3 is 12.0 Å². The molecule has 114 valence electrons. The van der Waals surface area contributed by atoms with Crippen molar-refractivity contribution in [3.63, 3.8) is 0 Å². The van der Waals surface area contributed by atoms with E-state index < -0.39 is 11.9 Å². The SMILES string of the molecule is O=C(NCCC1CCCO1)NC1CCCCC1C(=O)O. The number of amides is 2. The number of carbonyl (C=O) groups excluding carboxylic acids is 1. The average molecular weight is 284 g/mol. The number of aliphatic carboxylic acids is 1. The van der Waals surface area contributed by atoms with E-state index in [0.29, 0.717) is 13.0 Å². The van der Waals surface area contributed by atoms with Gasteiger partial charge in [0.2, 0.25) is 0 Å². The summed E-state index contributed by atoms with van der Waals surface area (Å²) in [6, 6.07) is -0.509. The number of ether oxygens (including phenoxy) is 1. The van der Waals surface area contributed by atoms with Gasteiger partial charge < -0.3 is 20.5 Å². The molecule has 0 radical (unpaired) electrons. The summed E-state index contributed by atoms with van der Waals surface area (Å²) >= 11 is 0. The Morgan fingerprint density at radius 3 is 2.65 bits per heavy atom. The molecule has 1 aliphatic heterocycles. The summed E-state index contributed by atoms with van der Waals surface area (Å²) in [6.07, 6.45) is 6.54. The second-order valence-electron chi connectivity index (χ2n) is 5.66. The summed E-state index contributed by atoms with van der Waals surface area (Å²) < 4.78 is 5.48. The predicted octanol–water partition coefficient (Wildman–Crippen LogP) is 1.50. The Kier molecular flexibility index (Phi) is 5.64. The molecule has 1 heterocycles. The van der Waals surface area contributed by atoms with Gasteiger partial charge in [0, 0.05) is 19.2 Å². The molecular weight excluding hydrogens is 260 g/mol. The van der Waals surface area contributed by atoms with E-state index in [0.717, 1.165) is 45.1 Å². The van der Waals surface area contributed by atoms with Crippen LogP contribution in [-0.2, 0) is 9.53 Å². The van der Waals surface area contributed by atoms with Crippen molar-refractivity contribution in [3.8, 4) is 0 Å². The monoisotopic (exact) mass is 284 g/mol. The van der Waals surface area contributed by atoms with Crippen LogP contribution < -0.4 is 10.6 Å². The summed E-state index contributed by atoms with van der Waals surface area (Å²) in [5.74, 6) is -1.26. The van der Waals surface area contributed by atoms with Gasteiger partial charge in [-0.05, 0) is 32.1 Å². The van der Waals surface area contributed by atoms with Crippen LogP contribution >= 0.6 is 0 Å². The number of hydrogen-bond donors (Lipinski definition) is 3. The van der Waals surface area contributed by atoms with Gasteiger partial charge in [-0.1, -0.05) is 12.8 Å². The van der Waals surface area contributed by atoms with E-state index in [-0.39, 0.29) is 18.2 Å². The first-order valence-corrected chi connectivity index (χ1v) is 7.55. The number of carbonyl (C=O) groups is 2. The minimum atomic E-state index is -0.811. The Bertz CT molecular complexity index is 342.